The molecule has 3 atom stereocenters. The van der Waals surface area contributed by atoms with Gasteiger partial charge in [0, 0.05) is 18.2 Å². The first kappa shape index (κ1) is 16.2. The molecular weight excluding hydrogens is 352 g/mol. The third-order valence-corrected chi connectivity index (χ3v) is 8.01. The van der Waals surface area contributed by atoms with Gasteiger partial charge in [-0.3, -0.25) is 4.40 Å². The van der Waals surface area contributed by atoms with Crippen LogP contribution in [0.3, 0.4) is 0 Å². The Balaban J connectivity index is 1.45. The molecule has 3 aromatic rings. The first-order chi connectivity index (χ1) is 12.5. The zero-order chi connectivity index (χ0) is 17.9. The first-order valence-corrected chi connectivity index (χ1v) is 10.8. The number of nitrogens with zero attached hydrogens (tertiary/aromatic N) is 4. The maximum absolute atomic E-state index is 12.5. The summed E-state index contributed by atoms with van der Waals surface area (Å²) in [5.74, 6) is 1.39. The van der Waals surface area contributed by atoms with Crippen LogP contribution in [0.1, 0.15) is 50.8 Å². The highest BCUT2D eigenvalue weighted by molar-refractivity contribution is 7.90. The van der Waals surface area contributed by atoms with Gasteiger partial charge in [0.15, 0.2) is 11.3 Å². The number of aromatic nitrogens is 5. The molecule has 26 heavy (non-hydrogen) atoms. The van der Waals surface area contributed by atoms with Crippen LogP contribution in [0.25, 0.3) is 16.8 Å². The molecule has 0 saturated heterocycles. The molecule has 0 bridgehead atoms. The molecule has 0 amide bonds. The topological polar surface area (TPSA) is 105 Å². The molecule has 0 spiro atoms. The van der Waals surface area contributed by atoms with E-state index in [9.17, 15) is 8.42 Å². The van der Waals surface area contributed by atoms with Crippen molar-refractivity contribution in [2.75, 3.05) is 0 Å². The van der Waals surface area contributed by atoms with Crippen LogP contribution in [0.15, 0.2) is 18.5 Å². The van der Waals surface area contributed by atoms with E-state index in [2.05, 4.69) is 31.8 Å². The number of fused-ring (bicyclic) bond motifs is 3. The Kier molecular flexibility index (Phi) is 3.58. The first-order valence-electron chi connectivity index (χ1n) is 9.21. The van der Waals surface area contributed by atoms with Crippen LogP contribution >= 0.6 is 0 Å². The van der Waals surface area contributed by atoms with Gasteiger partial charge in [0.25, 0.3) is 0 Å². The van der Waals surface area contributed by atoms with Crippen molar-refractivity contribution in [2.24, 2.45) is 5.92 Å². The van der Waals surface area contributed by atoms with Crippen molar-refractivity contribution >= 4 is 26.8 Å². The number of rotatable bonds is 4. The van der Waals surface area contributed by atoms with Crippen LogP contribution < -0.4 is 4.72 Å². The standard InChI is InChI=1S/C17H22N6O2S/c1-10-7-11(22-26(24,25)12-3-2-4-12)8-13(10)17-21-20-15-9-19-16-14(23(15)17)5-6-18-16/h5-6,9-13,18,22H,2-4,7-8H2,1H3/t10-,11+,13+/m1/s1. The zero-order valence-corrected chi connectivity index (χ0v) is 15.4. The van der Waals surface area contributed by atoms with Crippen LogP contribution in [0, 0.1) is 5.92 Å². The van der Waals surface area contributed by atoms with Crippen molar-refractivity contribution in [3.05, 3.63) is 24.3 Å². The van der Waals surface area contributed by atoms with Crippen LogP contribution in [-0.2, 0) is 10.0 Å². The minimum Gasteiger partial charge on any atom is -0.345 e. The predicted molar refractivity (Wildman–Crippen MR) is 97.3 cm³/mol. The molecule has 5 rings (SSSR count). The number of sulfonamides is 1. The average molecular weight is 374 g/mol. The van der Waals surface area contributed by atoms with Gasteiger partial charge >= 0.3 is 0 Å². The monoisotopic (exact) mass is 374 g/mol. The molecule has 0 radical (unpaired) electrons. The second kappa shape index (κ2) is 5.75. The fraction of sp³-hybridized carbons (Fsp3) is 0.588. The van der Waals surface area contributed by atoms with Crippen molar-refractivity contribution in [3.63, 3.8) is 0 Å². The van der Waals surface area contributed by atoms with E-state index in [4.69, 9.17) is 0 Å². The van der Waals surface area contributed by atoms with Gasteiger partial charge in [-0.2, -0.15) is 0 Å². The summed E-state index contributed by atoms with van der Waals surface area (Å²) >= 11 is 0. The van der Waals surface area contributed by atoms with Gasteiger partial charge < -0.3 is 4.98 Å². The quantitative estimate of drug-likeness (QED) is 0.726. The lowest BCUT2D eigenvalue weighted by Crippen LogP contribution is -2.42. The summed E-state index contributed by atoms with van der Waals surface area (Å²) in [6.07, 6.45) is 7.74. The molecule has 3 aromatic heterocycles. The van der Waals surface area contributed by atoms with Gasteiger partial charge in [0.1, 0.15) is 5.82 Å². The maximum Gasteiger partial charge on any atom is 0.214 e. The lowest BCUT2D eigenvalue weighted by Gasteiger charge is -2.27. The van der Waals surface area contributed by atoms with Crippen molar-refractivity contribution in [2.45, 2.75) is 56.2 Å². The Morgan fingerprint density at radius 2 is 2.12 bits per heavy atom. The molecule has 2 N–H and O–H groups in total. The Morgan fingerprint density at radius 3 is 2.88 bits per heavy atom. The van der Waals surface area contributed by atoms with Gasteiger partial charge in [0.05, 0.1) is 17.0 Å². The summed E-state index contributed by atoms with van der Waals surface area (Å²) < 4.78 is 29.9. The van der Waals surface area contributed by atoms with Gasteiger partial charge in [-0.25, -0.2) is 18.1 Å². The number of H-pyrrole nitrogens is 1. The predicted octanol–water partition coefficient (Wildman–Crippen LogP) is 1.96. The lowest BCUT2D eigenvalue weighted by molar-refractivity contribution is 0.458. The highest BCUT2D eigenvalue weighted by atomic mass is 32.2. The van der Waals surface area contributed by atoms with E-state index in [-0.39, 0.29) is 17.2 Å². The number of aromatic amines is 1. The molecule has 2 fully saturated rings. The molecule has 9 heteroatoms. The van der Waals surface area contributed by atoms with Crippen molar-refractivity contribution in [3.8, 4) is 0 Å². The summed E-state index contributed by atoms with van der Waals surface area (Å²) in [6, 6.07) is 1.94. The number of hydrogen-bond donors (Lipinski definition) is 2. The summed E-state index contributed by atoms with van der Waals surface area (Å²) in [6.45, 7) is 2.17. The summed E-state index contributed by atoms with van der Waals surface area (Å²) in [4.78, 5) is 7.47. The van der Waals surface area contributed by atoms with E-state index in [0.717, 1.165) is 54.7 Å². The van der Waals surface area contributed by atoms with Gasteiger partial charge in [-0.15, -0.1) is 10.2 Å². The molecule has 3 heterocycles. The van der Waals surface area contributed by atoms with Gasteiger partial charge in [0.2, 0.25) is 10.0 Å². The SMILES string of the molecule is C[C@@H]1C[C@H](NS(=O)(=O)C2CCC2)C[C@@H]1c1nnc2cnc3[nH]ccc3n12. The van der Waals surface area contributed by atoms with Crippen LogP contribution in [0.5, 0.6) is 0 Å². The summed E-state index contributed by atoms with van der Waals surface area (Å²) in [7, 11) is -3.20. The van der Waals surface area contributed by atoms with Crippen LogP contribution in [-0.4, -0.2) is 44.3 Å². The van der Waals surface area contributed by atoms with E-state index in [1.54, 1.807) is 6.20 Å². The summed E-state index contributed by atoms with van der Waals surface area (Å²) in [5.41, 5.74) is 2.47. The molecule has 2 saturated carbocycles. The zero-order valence-electron chi connectivity index (χ0n) is 14.6. The molecule has 2 aliphatic rings. The van der Waals surface area contributed by atoms with E-state index in [1.165, 1.54) is 0 Å². The number of nitrogens with one attached hydrogen (secondary N) is 2. The Labute approximate surface area is 151 Å². The molecular formula is C17H22N6O2S. The highest BCUT2D eigenvalue weighted by Gasteiger charge is 2.39. The molecule has 0 aromatic carbocycles. The number of hydrogen-bond acceptors (Lipinski definition) is 5. The molecule has 0 aliphatic heterocycles. The second-order valence-electron chi connectivity index (χ2n) is 7.69. The van der Waals surface area contributed by atoms with Crippen molar-refractivity contribution in [1.29, 1.82) is 0 Å². The van der Waals surface area contributed by atoms with E-state index >= 15 is 0 Å². The minimum atomic E-state index is -3.20. The molecule has 138 valence electrons. The molecule has 8 nitrogen and oxygen atoms in total. The smallest absolute Gasteiger partial charge is 0.214 e. The van der Waals surface area contributed by atoms with E-state index in [1.807, 2.05) is 16.7 Å². The van der Waals surface area contributed by atoms with E-state index < -0.39 is 10.0 Å². The maximum atomic E-state index is 12.5. The van der Waals surface area contributed by atoms with Crippen molar-refractivity contribution < 1.29 is 8.42 Å². The third kappa shape index (κ3) is 2.44. The fourth-order valence-electron chi connectivity index (χ4n) is 4.35. The summed E-state index contributed by atoms with van der Waals surface area (Å²) in [5, 5.41) is 8.51. The van der Waals surface area contributed by atoms with Gasteiger partial charge in [-0.1, -0.05) is 13.3 Å². The Hall–Kier alpha value is -2.00. The van der Waals surface area contributed by atoms with E-state index in [0.29, 0.717) is 5.92 Å². The fourth-order valence-corrected chi connectivity index (χ4v) is 6.16. The molecule has 2 aliphatic carbocycles. The largest absolute Gasteiger partial charge is 0.345 e. The normalized spacial score (nSPS) is 27.3. The van der Waals surface area contributed by atoms with Crippen molar-refractivity contribution in [1.82, 2.24) is 29.3 Å². The highest BCUT2D eigenvalue weighted by Crippen LogP contribution is 2.40. The average Bonchev–Trinajstić information content (AvgIpc) is 3.21. The second-order valence-corrected chi connectivity index (χ2v) is 9.68. The third-order valence-electron chi connectivity index (χ3n) is 6.00. The minimum absolute atomic E-state index is 0.0310. The van der Waals surface area contributed by atoms with Crippen LogP contribution in [0.4, 0.5) is 0 Å². The van der Waals surface area contributed by atoms with Gasteiger partial charge in [-0.05, 0) is 37.7 Å². The van der Waals surface area contributed by atoms with Crippen LogP contribution in [0.2, 0.25) is 0 Å². The Morgan fingerprint density at radius 1 is 1.27 bits per heavy atom. The Bertz CT molecular complexity index is 1070. The lowest BCUT2D eigenvalue weighted by atomic mass is 9.97. The molecule has 0 unspecified atom stereocenters.